The van der Waals surface area contributed by atoms with Gasteiger partial charge in [-0.05, 0) is 23.8 Å². The van der Waals surface area contributed by atoms with Crippen LogP contribution in [0, 0.1) is 0 Å². The number of nitrogens with one attached hydrogen (secondary N) is 1. The summed E-state index contributed by atoms with van der Waals surface area (Å²) < 4.78 is 10.5. The van der Waals surface area contributed by atoms with Gasteiger partial charge in [0.1, 0.15) is 11.5 Å². The Bertz CT molecular complexity index is 561. The zero-order chi connectivity index (χ0) is 13.7. The van der Waals surface area contributed by atoms with Crippen LogP contribution in [-0.4, -0.2) is 19.2 Å². The Morgan fingerprint density at radius 1 is 1.21 bits per heavy atom. The van der Waals surface area contributed by atoms with Crippen molar-refractivity contribution in [3.63, 3.8) is 0 Å². The smallest absolute Gasteiger partial charge is 0.142 e. The first-order chi connectivity index (χ1) is 9.24. The lowest BCUT2D eigenvalue weighted by atomic mass is 10.2. The highest BCUT2D eigenvalue weighted by atomic mass is 35.5. The van der Waals surface area contributed by atoms with Crippen molar-refractivity contribution >= 4 is 17.3 Å². The summed E-state index contributed by atoms with van der Waals surface area (Å²) in [7, 11) is 3.26. The van der Waals surface area contributed by atoms with E-state index in [4.69, 9.17) is 21.1 Å². The minimum atomic E-state index is 0.588. The van der Waals surface area contributed by atoms with Crippen molar-refractivity contribution in [1.82, 2.24) is 4.98 Å². The number of ether oxygens (including phenoxy) is 2. The molecule has 0 amide bonds. The molecule has 0 radical (unpaired) electrons. The minimum absolute atomic E-state index is 0.588. The van der Waals surface area contributed by atoms with Crippen LogP contribution in [0.5, 0.6) is 11.5 Å². The molecule has 4 nitrogen and oxygen atoms in total. The second-order valence-corrected chi connectivity index (χ2v) is 4.29. The van der Waals surface area contributed by atoms with Gasteiger partial charge in [0.05, 0.1) is 24.9 Å². The molecule has 5 heteroatoms. The molecule has 0 spiro atoms. The van der Waals surface area contributed by atoms with Crippen LogP contribution in [0.3, 0.4) is 0 Å². The third kappa shape index (κ3) is 3.29. The number of benzene rings is 1. The molecule has 2 rings (SSSR count). The van der Waals surface area contributed by atoms with Crippen molar-refractivity contribution in [3.05, 3.63) is 47.2 Å². The van der Waals surface area contributed by atoms with Crippen molar-refractivity contribution in [2.45, 2.75) is 6.54 Å². The van der Waals surface area contributed by atoms with Crippen molar-refractivity contribution in [2.75, 3.05) is 19.5 Å². The van der Waals surface area contributed by atoms with Crippen LogP contribution in [0.15, 0.2) is 36.7 Å². The molecule has 0 aliphatic carbocycles. The average molecular weight is 279 g/mol. The Balaban J connectivity index is 2.16. The van der Waals surface area contributed by atoms with E-state index in [9.17, 15) is 0 Å². The Kier molecular flexibility index (Phi) is 4.47. The van der Waals surface area contributed by atoms with Crippen LogP contribution in [0.4, 0.5) is 5.69 Å². The van der Waals surface area contributed by atoms with Gasteiger partial charge in [0.15, 0.2) is 0 Å². The van der Waals surface area contributed by atoms with Crippen LogP contribution < -0.4 is 14.8 Å². The number of pyridine rings is 1. The van der Waals surface area contributed by atoms with E-state index in [-0.39, 0.29) is 0 Å². The van der Waals surface area contributed by atoms with Gasteiger partial charge in [-0.3, -0.25) is 4.98 Å². The second-order valence-electron chi connectivity index (χ2n) is 3.89. The standard InChI is InChI=1S/C14H15ClN2O2/c1-18-11-3-4-14(19-2)13(7-11)17-8-10-5-6-16-9-12(10)15/h3-7,9,17H,8H2,1-2H3. The van der Waals surface area contributed by atoms with Gasteiger partial charge >= 0.3 is 0 Å². The number of hydrogen-bond donors (Lipinski definition) is 1. The van der Waals surface area contributed by atoms with Crippen molar-refractivity contribution < 1.29 is 9.47 Å². The van der Waals surface area contributed by atoms with E-state index in [1.165, 1.54) is 0 Å². The highest BCUT2D eigenvalue weighted by Crippen LogP contribution is 2.29. The first-order valence-electron chi connectivity index (χ1n) is 5.79. The van der Waals surface area contributed by atoms with Crippen molar-refractivity contribution in [3.8, 4) is 11.5 Å². The lowest BCUT2D eigenvalue weighted by molar-refractivity contribution is 0.404. The van der Waals surface area contributed by atoms with Crippen molar-refractivity contribution in [2.24, 2.45) is 0 Å². The van der Waals surface area contributed by atoms with Gasteiger partial charge in [-0.25, -0.2) is 0 Å². The molecule has 1 N–H and O–H groups in total. The molecule has 0 aliphatic rings. The lowest BCUT2D eigenvalue weighted by Gasteiger charge is -2.13. The minimum Gasteiger partial charge on any atom is -0.497 e. The topological polar surface area (TPSA) is 43.4 Å². The van der Waals surface area contributed by atoms with E-state index < -0.39 is 0 Å². The van der Waals surface area contributed by atoms with Gasteiger partial charge in [0.25, 0.3) is 0 Å². The van der Waals surface area contributed by atoms with Gasteiger partial charge in [0, 0.05) is 25.0 Å². The molecule has 0 aliphatic heterocycles. The average Bonchev–Trinajstić information content (AvgIpc) is 2.46. The predicted molar refractivity (Wildman–Crippen MR) is 76.1 cm³/mol. The van der Waals surface area contributed by atoms with Crippen LogP contribution in [0.1, 0.15) is 5.56 Å². The number of rotatable bonds is 5. The summed E-state index contributed by atoms with van der Waals surface area (Å²) in [6, 6.07) is 7.47. The van der Waals surface area contributed by atoms with E-state index in [0.29, 0.717) is 11.6 Å². The van der Waals surface area contributed by atoms with Gasteiger partial charge in [-0.2, -0.15) is 0 Å². The summed E-state index contributed by atoms with van der Waals surface area (Å²) in [6.45, 7) is 0.588. The third-order valence-corrected chi connectivity index (χ3v) is 3.07. The normalized spacial score (nSPS) is 10.1. The molecule has 0 bridgehead atoms. The van der Waals surface area contributed by atoms with Crippen LogP contribution >= 0.6 is 11.6 Å². The monoisotopic (exact) mass is 278 g/mol. The van der Waals surface area contributed by atoms with E-state index in [2.05, 4.69) is 10.3 Å². The summed E-state index contributed by atoms with van der Waals surface area (Å²) in [6.07, 6.45) is 3.34. The molecule has 1 aromatic carbocycles. The highest BCUT2D eigenvalue weighted by molar-refractivity contribution is 6.31. The second kappa shape index (κ2) is 6.29. The number of halogens is 1. The first-order valence-corrected chi connectivity index (χ1v) is 6.16. The lowest BCUT2D eigenvalue weighted by Crippen LogP contribution is -2.02. The SMILES string of the molecule is COc1ccc(OC)c(NCc2ccncc2Cl)c1. The van der Waals surface area contributed by atoms with E-state index in [1.54, 1.807) is 26.6 Å². The largest absolute Gasteiger partial charge is 0.497 e. The van der Waals surface area contributed by atoms with Gasteiger partial charge in [-0.1, -0.05) is 11.6 Å². The molecule has 1 aromatic heterocycles. The molecule has 0 fully saturated rings. The number of hydrogen-bond acceptors (Lipinski definition) is 4. The molecular weight excluding hydrogens is 264 g/mol. The fourth-order valence-electron chi connectivity index (χ4n) is 1.69. The Morgan fingerprint density at radius 3 is 2.74 bits per heavy atom. The number of nitrogens with zero attached hydrogens (tertiary/aromatic N) is 1. The summed E-state index contributed by atoms with van der Waals surface area (Å²) >= 11 is 6.06. The molecule has 0 saturated heterocycles. The summed E-state index contributed by atoms with van der Waals surface area (Å²) in [5, 5.41) is 3.91. The maximum absolute atomic E-state index is 6.06. The maximum atomic E-state index is 6.06. The molecule has 19 heavy (non-hydrogen) atoms. The zero-order valence-corrected chi connectivity index (χ0v) is 11.6. The number of methoxy groups -OCH3 is 2. The van der Waals surface area contributed by atoms with Gasteiger partial charge in [-0.15, -0.1) is 0 Å². The third-order valence-electron chi connectivity index (χ3n) is 2.73. The summed E-state index contributed by atoms with van der Waals surface area (Å²) in [5.74, 6) is 1.52. The molecule has 0 atom stereocenters. The van der Waals surface area contributed by atoms with E-state index >= 15 is 0 Å². The summed E-state index contributed by atoms with van der Waals surface area (Å²) in [4.78, 5) is 3.96. The Labute approximate surface area is 117 Å². The Hall–Kier alpha value is -1.94. The molecular formula is C14H15ClN2O2. The predicted octanol–water partition coefficient (Wildman–Crippen LogP) is 3.36. The van der Waals surface area contributed by atoms with Crippen LogP contribution in [0.2, 0.25) is 5.02 Å². The summed E-state index contributed by atoms with van der Waals surface area (Å²) in [5.41, 5.74) is 1.83. The fraction of sp³-hybridized carbons (Fsp3) is 0.214. The fourth-order valence-corrected chi connectivity index (χ4v) is 1.88. The first kappa shape index (κ1) is 13.5. The molecule has 0 saturated carbocycles. The van der Waals surface area contributed by atoms with Crippen LogP contribution in [0.25, 0.3) is 0 Å². The molecule has 2 aromatic rings. The number of aromatic nitrogens is 1. The zero-order valence-electron chi connectivity index (χ0n) is 10.8. The van der Waals surface area contributed by atoms with Gasteiger partial charge in [0.2, 0.25) is 0 Å². The Morgan fingerprint density at radius 2 is 2.05 bits per heavy atom. The molecule has 100 valence electrons. The van der Waals surface area contributed by atoms with E-state index in [0.717, 1.165) is 22.7 Å². The van der Waals surface area contributed by atoms with Crippen molar-refractivity contribution in [1.29, 1.82) is 0 Å². The quantitative estimate of drug-likeness (QED) is 0.911. The maximum Gasteiger partial charge on any atom is 0.142 e. The number of anilines is 1. The molecule has 1 heterocycles. The van der Waals surface area contributed by atoms with Gasteiger partial charge < -0.3 is 14.8 Å². The van der Waals surface area contributed by atoms with Crippen LogP contribution in [-0.2, 0) is 6.54 Å². The van der Waals surface area contributed by atoms with E-state index in [1.807, 2.05) is 24.3 Å². The molecule has 0 unspecified atom stereocenters. The highest BCUT2D eigenvalue weighted by Gasteiger charge is 2.06.